The van der Waals surface area contributed by atoms with Crippen LogP contribution in [0.4, 0.5) is 28.0 Å². The Labute approximate surface area is 167 Å². The lowest BCUT2D eigenvalue weighted by Crippen LogP contribution is -2.09. The third-order valence-corrected chi connectivity index (χ3v) is 4.84. The number of rotatable bonds is 6. The van der Waals surface area contributed by atoms with Crippen molar-refractivity contribution in [2.24, 2.45) is 5.10 Å². The van der Waals surface area contributed by atoms with Crippen LogP contribution in [-0.4, -0.2) is 11.2 Å². The lowest BCUT2D eigenvalue weighted by atomic mass is 10.1. The standard InChI is InChI=1S/C22H19N5S/c23-21-16-28-22(25-21)26-24-15-17-11-13-20(14-12-17)27(18-7-3-1-4-8-18)19-9-5-2-6-10-19/h1-16H,23H2,(H,25,26). The first kappa shape index (κ1) is 17.8. The number of para-hydroxylation sites is 2. The summed E-state index contributed by atoms with van der Waals surface area (Å²) in [5, 5.41) is 6.66. The molecule has 1 heterocycles. The maximum Gasteiger partial charge on any atom is 0.205 e. The number of benzene rings is 3. The number of hydrogen-bond acceptors (Lipinski definition) is 6. The molecule has 4 aromatic rings. The van der Waals surface area contributed by atoms with Gasteiger partial charge in [0.05, 0.1) is 6.21 Å². The number of anilines is 5. The van der Waals surface area contributed by atoms with Crippen molar-refractivity contribution in [2.45, 2.75) is 0 Å². The highest BCUT2D eigenvalue weighted by Crippen LogP contribution is 2.33. The molecule has 0 fully saturated rings. The molecule has 28 heavy (non-hydrogen) atoms. The first-order valence-corrected chi connectivity index (χ1v) is 9.68. The third kappa shape index (κ3) is 4.19. The molecule has 0 spiro atoms. The summed E-state index contributed by atoms with van der Waals surface area (Å²) in [7, 11) is 0. The molecule has 0 saturated carbocycles. The number of aromatic nitrogens is 1. The molecule has 0 aliphatic heterocycles. The summed E-state index contributed by atoms with van der Waals surface area (Å²) in [6.45, 7) is 0. The first-order valence-electron chi connectivity index (χ1n) is 8.80. The van der Waals surface area contributed by atoms with Crippen LogP contribution in [0, 0.1) is 0 Å². The van der Waals surface area contributed by atoms with Crippen molar-refractivity contribution in [3.8, 4) is 0 Å². The molecule has 0 radical (unpaired) electrons. The largest absolute Gasteiger partial charge is 0.383 e. The highest BCUT2D eigenvalue weighted by molar-refractivity contribution is 7.14. The van der Waals surface area contributed by atoms with Gasteiger partial charge >= 0.3 is 0 Å². The van der Waals surface area contributed by atoms with Crippen molar-refractivity contribution in [3.05, 3.63) is 95.9 Å². The molecule has 0 aliphatic carbocycles. The number of hydrogen-bond donors (Lipinski definition) is 2. The van der Waals surface area contributed by atoms with Gasteiger partial charge in [-0.1, -0.05) is 48.5 Å². The van der Waals surface area contributed by atoms with Crippen molar-refractivity contribution < 1.29 is 0 Å². The van der Waals surface area contributed by atoms with E-state index >= 15 is 0 Å². The summed E-state index contributed by atoms with van der Waals surface area (Å²) >= 11 is 1.42. The van der Waals surface area contributed by atoms with Crippen LogP contribution in [0.5, 0.6) is 0 Å². The van der Waals surface area contributed by atoms with Crippen molar-refractivity contribution in [1.82, 2.24) is 4.98 Å². The second kappa shape index (κ2) is 8.37. The van der Waals surface area contributed by atoms with Gasteiger partial charge in [-0.3, -0.25) is 5.43 Å². The Hall–Kier alpha value is -3.64. The average Bonchev–Trinajstić information content (AvgIpc) is 3.16. The molecule has 0 aliphatic rings. The fraction of sp³-hybridized carbons (Fsp3) is 0. The lowest BCUT2D eigenvalue weighted by Gasteiger charge is -2.25. The van der Waals surface area contributed by atoms with Gasteiger partial charge in [-0.2, -0.15) is 5.10 Å². The topological polar surface area (TPSA) is 66.5 Å². The quantitative estimate of drug-likeness (QED) is 0.333. The number of nitrogen functional groups attached to an aromatic ring is 1. The molecule has 4 rings (SSSR count). The van der Waals surface area contributed by atoms with Gasteiger partial charge in [0.2, 0.25) is 5.13 Å². The predicted octanol–water partition coefficient (Wildman–Crippen LogP) is 5.64. The predicted molar refractivity (Wildman–Crippen MR) is 119 cm³/mol. The summed E-state index contributed by atoms with van der Waals surface area (Å²) in [5.74, 6) is 0.494. The van der Waals surface area contributed by atoms with Gasteiger partial charge in [0, 0.05) is 22.4 Å². The Kier molecular flexibility index (Phi) is 5.31. The van der Waals surface area contributed by atoms with E-state index < -0.39 is 0 Å². The van der Waals surface area contributed by atoms with Gasteiger partial charge in [0.1, 0.15) is 5.82 Å². The minimum Gasteiger partial charge on any atom is -0.383 e. The molecule has 138 valence electrons. The van der Waals surface area contributed by atoms with Crippen LogP contribution in [-0.2, 0) is 0 Å². The van der Waals surface area contributed by atoms with Gasteiger partial charge < -0.3 is 10.6 Å². The third-order valence-electron chi connectivity index (χ3n) is 4.08. The zero-order chi connectivity index (χ0) is 19.2. The van der Waals surface area contributed by atoms with Crippen molar-refractivity contribution in [1.29, 1.82) is 0 Å². The summed E-state index contributed by atoms with van der Waals surface area (Å²) < 4.78 is 0. The number of hydrazone groups is 1. The Bertz CT molecular complexity index is 1000. The summed E-state index contributed by atoms with van der Waals surface area (Å²) in [6, 6.07) is 28.9. The van der Waals surface area contributed by atoms with Gasteiger partial charge in [-0.15, -0.1) is 11.3 Å². The molecule has 0 bridgehead atoms. The van der Waals surface area contributed by atoms with E-state index in [-0.39, 0.29) is 0 Å². The Balaban J connectivity index is 1.56. The van der Waals surface area contributed by atoms with Crippen LogP contribution in [0.15, 0.2) is 95.4 Å². The van der Waals surface area contributed by atoms with Crippen molar-refractivity contribution >= 4 is 45.6 Å². The minimum atomic E-state index is 0.494. The molecule has 3 aromatic carbocycles. The number of nitrogens with one attached hydrogen (secondary N) is 1. The van der Waals surface area contributed by atoms with E-state index in [1.807, 2.05) is 48.5 Å². The normalized spacial score (nSPS) is 10.9. The Morgan fingerprint density at radius 3 is 1.93 bits per heavy atom. The minimum absolute atomic E-state index is 0.494. The van der Waals surface area contributed by atoms with Crippen LogP contribution < -0.4 is 16.1 Å². The van der Waals surface area contributed by atoms with Crippen LogP contribution in [0.25, 0.3) is 0 Å². The van der Waals surface area contributed by atoms with Crippen LogP contribution in [0.3, 0.4) is 0 Å². The fourth-order valence-corrected chi connectivity index (χ4v) is 3.36. The number of thiazole rings is 1. The zero-order valence-corrected chi connectivity index (χ0v) is 15.9. The SMILES string of the molecule is Nc1csc(NN=Cc2ccc(N(c3ccccc3)c3ccccc3)cc2)n1. The maximum atomic E-state index is 5.61. The molecule has 3 N–H and O–H groups in total. The summed E-state index contributed by atoms with van der Waals surface area (Å²) in [6.07, 6.45) is 1.76. The first-order chi connectivity index (χ1) is 13.8. The van der Waals surface area contributed by atoms with E-state index in [9.17, 15) is 0 Å². The van der Waals surface area contributed by atoms with Gasteiger partial charge in [-0.25, -0.2) is 4.98 Å². The van der Waals surface area contributed by atoms with E-state index in [2.05, 4.69) is 56.8 Å². The molecule has 6 heteroatoms. The van der Waals surface area contributed by atoms with Crippen LogP contribution in [0.1, 0.15) is 5.56 Å². The monoisotopic (exact) mass is 385 g/mol. The molecule has 5 nitrogen and oxygen atoms in total. The fourth-order valence-electron chi connectivity index (χ4n) is 2.81. The lowest BCUT2D eigenvalue weighted by molar-refractivity contribution is 1.28. The van der Waals surface area contributed by atoms with E-state index in [1.165, 1.54) is 11.3 Å². The van der Waals surface area contributed by atoms with E-state index in [1.54, 1.807) is 11.6 Å². The highest BCUT2D eigenvalue weighted by atomic mass is 32.1. The molecule has 0 atom stereocenters. The summed E-state index contributed by atoms with van der Waals surface area (Å²) in [4.78, 5) is 6.33. The van der Waals surface area contributed by atoms with E-state index in [0.717, 1.165) is 22.6 Å². The van der Waals surface area contributed by atoms with Crippen molar-refractivity contribution in [2.75, 3.05) is 16.1 Å². The number of nitrogens with two attached hydrogens (primary N) is 1. The van der Waals surface area contributed by atoms with E-state index in [4.69, 9.17) is 5.73 Å². The van der Waals surface area contributed by atoms with Gasteiger partial charge in [0.15, 0.2) is 0 Å². The molecule has 0 saturated heterocycles. The summed E-state index contributed by atoms with van der Waals surface area (Å²) in [5.41, 5.74) is 12.8. The van der Waals surface area contributed by atoms with Gasteiger partial charge in [-0.05, 0) is 42.0 Å². The van der Waals surface area contributed by atoms with Crippen molar-refractivity contribution in [3.63, 3.8) is 0 Å². The number of nitrogens with zero attached hydrogens (tertiary/aromatic N) is 3. The van der Waals surface area contributed by atoms with Crippen LogP contribution >= 0.6 is 11.3 Å². The molecule has 0 amide bonds. The highest BCUT2D eigenvalue weighted by Gasteiger charge is 2.11. The van der Waals surface area contributed by atoms with Crippen LogP contribution in [0.2, 0.25) is 0 Å². The Morgan fingerprint density at radius 1 is 0.821 bits per heavy atom. The zero-order valence-electron chi connectivity index (χ0n) is 15.1. The second-order valence-electron chi connectivity index (χ2n) is 6.05. The average molecular weight is 385 g/mol. The molecule has 1 aromatic heterocycles. The molecular weight excluding hydrogens is 366 g/mol. The second-order valence-corrected chi connectivity index (χ2v) is 6.90. The molecular formula is C22H19N5S. The Morgan fingerprint density at radius 2 is 1.39 bits per heavy atom. The van der Waals surface area contributed by atoms with E-state index in [0.29, 0.717) is 10.9 Å². The maximum absolute atomic E-state index is 5.61. The molecule has 0 unspecified atom stereocenters. The van der Waals surface area contributed by atoms with Gasteiger partial charge in [0.25, 0.3) is 0 Å². The smallest absolute Gasteiger partial charge is 0.205 e.